The molecule has 0 saturated carbocycles. The van der Waals surface area contributed by atoms with Crippen LogP contribution in [0.3, 0.4) is 0 Å². The molecule has 2 aliphatic rings. The Balaban J connectivity index is 1.23. The predicted octanol–water partition coefficient (Wildman–Crippen LogP) is 4.48. The van der Waals surface area contributed by atoms with Crippen molar-refractivity contribution in [2.24, 2.45) is 0 Å². The van der Waals surface area contributed by atoms with Gasteiger partial charge in [0.15, 0.2) is 11.4 Å². The molecule has 43 heavy (non-hydrogen) atoms. The molecule has 2 fully saturated rings. The Kier molecular flexibility index (Phi) is 9.96. The Hall–Kier alpha value is -3.52. The molecule has 3 aromatic rings. The van der Waals surface area contributed by atoms with Crippen molar-refractivity contribution >= 4 is 23.6 Å². The smallest absolute Gasteiger partial charge is 0.392 e. The fraction of sp³-hybridized carbons (Fsp3) is 0.400. The minimum Gasteiger partial charge on any atom is -0.392 e. The Morgan fingerprint density at radius 3 is 2.35 bits per heavy atom. The molecular weight excluding hydrogens is 585 g/mol. The summed E-state index contributed by atoms with van der Waals surface area (Å²) >= 11 is 1.49. The summed E-state index contributed by atoms with van der Waals surface area (Å²) < 4.78 is 51.4. The van der Waals surface area contributed by atoms with E-state index in [-0.39, 0.29) is 38.3 Å². The highest BCUT2D eigenvalue weighted by molar-refractivity contribution is 7.99. The molecule has 9 nitrogen and oxygen atoms in total. The van der Waals surface area contributed by atoms with Crippen LogP contribution in [0.25, 0.3) is 0 Å². The highest BCUT2D eigenvalue weighted by atomic mass is 32.2. The largest absolute Gasteiger partial charge is 0.471 e. The number of nitrogens with one attached hydrogen (secondary N) is 1. The number of amides is 2. The maximum atomic E-state index is 12.9. The van der Waals surface area contributed by atoms with E-state index < -0.39 is 30.3 Å². The van der Waals surface area contributed by atoms with Crippen molar-refractivity contribution in [1.29, 1.82) is 0 Å². The van der Waals surface area contributed by atoms with E-state index >= 15 is 0 Å². The molecular formula is C30H31F3N4O5S. The number of rotatable bonds is 9. The first kappa shape index (κ1) is 30.9. The van der Waals surface area contributed by atoms with Crippen molar-refractivity contribution in [3.05, 3.63) is 89.2 Å². The van der Waals surface area contributed by atoms with E-state index in [1.165, 1.54) is 11.8 Å². The van der Waals surface area contributed by atoms with Gasteiger partial charge in [0.1, 0.15) is 6.04 Å². The van der Waals surface area contributed by atoms with Gasteiger partial charge in [-0.3, -0.25) is 9.59 Å². The first-order valence-corrected chi connectivity index (χ1v) is 14.8. The van der Waals surface area contributed by atoms with E-state index in [1.54, 1.807) is 30.6 Å². The minimum atomic E-state index is -5.02. The van der Waals surface area contributed by atoms with Gasteiger partial charge in [-0.2, -0.15) is 13.2 Å². The summed E-state index contributed by atoms with van der Waals surface area (Å²) in [4.78, 5) is 33.5. The van der Waals surface area contributed by atoms with Gasteiger partial charge in [0.2, 0.25) is 5.91 Å². The number of hydrogen-bond acceptors (Lipinski definition) is 8. The maximum absolute atomic E-state index is 12.9. The Morgan fingerprint density at radius 2 is 1.67 bits per heavy atom. The molecule has 5 rings (SSSR count). The number of hydrogen-bond donors (Lipinski definition) is 2. The third-order valence-electron chi connectivity index (χ3n) is 7.33. The summed E-state index contributed by atoms with van der Waals surface area (Å²) in [5, 5.41) is 12.7. The normalized spacial score (nSPS) is 22.4. The standard InChI is InChI=1S/C30H31F3N4O5S/c31-30(32,33)28(40)37-14-1-3-24(37)26(39)36-16-19-4-10-22(11-5-19)27-41-23(18-43-29-34-12-2-13-35-29)15-25(42-27)21-8-6-20(17-38)7-9-21/h2,4-13,23-25,27,38H,1,3,14-18H2,(H,36,39)/t23-,24+,25+,27+/m1/s1. The molecule has 13 heteroatoms. The van der Waals surface area contributed by atoms with E-state index in [9.17, 15) is 27.9 Å². The topological polar surface area (TPSA) is 114 Å². The molecule has 2 amide bonds. The third-order valence-corrected chi connectivity index (χ3v) is 8.34. The van der Waals surface area contributed by atoms with Crippen LogP contribution < -0.4 is 5.32 Å². The van der Waals surface area contributed by atoms with Crippen molar-refractivity contribution in [3.8, 4) is 0 Å². The number of aliphatic hydroxyl groups is 1. The molecule has 0 unspecified atom stereocenters. The molecule has 228 valence electrons. The van der Waals surface area contributed by atoms with Crippen LogP contribution in [0.2, 0.25) is 0 Å². The van der Waals surface area contributed by atoms with E-state index in [0.29, 0.717) is 28.7 Å². The molecule has 0 bridgehead atoms. The number of nitrogens with zero attached hydrogens (tertiary/aromatic N) is 3. The first-order chi connectivity index (χ1) is 20.7. The van der Waals surface area contributed by atoms with E-state index in [0.717, 1.165) is 22.3 Å². The number of aromatic nitrogens is 2. The van der Waals surface area contributed by atoms with Crippen molar-refractivity contribution in [2.45, 2.75) is 68.3 Å². The van der Waals surface area contributed by atoms with Gasteiger partial charge in [-0.1, -0.05) is 60.3 Å². The van der Waals surface area contributed by atoms with E-state index in [4.69, 9.17) is 9.47 Å². The first-order valence-electron chi connectivity index (χ1n) is 13.9. The average Bonchev–Trinajstić information content (AvgIpc) is 3.52. The Morgan fingerprint density at radius 1 is 1.00 bits per heavy atom. The van der Waals surface area contributed by atoms with Gasteiger partial charge in [0.25, 0.3) is 0 Å². The van der Waals surface area contributed by atoms with E-state index in [1.807, 2.05) is 36.4 Å². The second kappa shape index (κ2) is 13.8. The summed E-state index contributed by atoms with van der Waals surface area (Å²) in [5.74, 6) is -2.00. The lowest BCUT2D eigenvalue weighted by atomic mass is 10.0. The van der Waals surface area contributed by atoms with Crippen LogP contribution in [0, 0.1) is 0 Å². The highest BCUT2D eigenvalue weighted by Crippen LogP contribution is 2.39. The zero-order valence-electron chi connectivity index (χ0n) is 23.1. The molecule has 2 saturated heterocycles. The minimum absolute atomic E-state index is 0.0503. The fourth-order valence-corrected chi connectivity index (χ4v) is 5.92. The van der Waals surface area contributed by atoms with Crippen molar-refractivity contribution < 1.29 is 37.3 Å². The summed E-state index contributed by atoms with van der Waals surface area (Å²) in [6.07, 6.45) is -1.64. The van der Waals surface area contributed by atoms with Gasteiger partial charge in [-0.05, 0) is 35.6 Å². The summed E-state index contributed by atoms with van der Waals surface area (Å²) in [6.45, 7) is -0.0611. The number of aliphatic hydroxyl groups excluding tert-OH is 1. The van der Waals surface area contributed by atoms with Crippen molar-refractivity contribution in [2.75, 3.05) is 12.3 Å². The molecule has 0 radical (unpaired) electrons. The molecule has 0 aliphatic carbocycles. The molecule has 4 atom stereocenters. The predicted molar refractivity (Wildman–Crippen MR) is 150 cm³/mol. The second-order valence-electron chi connectivity index (χ2n) is 10.3. The van der Waals surface area contributed by atoms with Gasteiger partial charge in [0, 0.05) is 43.2 Å². The monoisotopic (exact) mass is 616 g/mol. The van der Waals surface area contributed by atoms with Crippen LogP contribution in [0.1, 0.15) is 53.9 Å². The molecule has 2 aromatic carbocycles. The average molecular weight is 617 g/mol. The van der Waals surface area contributed by atoms with Gasteiger partial charge < -0.3 is 24.8 Å². The fourth-order valence-electron chi connectivity index (χ4n) is 5.10. The van der Waals surface area contributed by atoms with Crippen LogP contribution in [-0.4, -0.2) is 62.4 Å². The van der Waals surface area contributed by atoms with Crippen molar-refractivity contribution in [3.63, 3.8) is 0 Å². The van der Waals surface area contributed by atoms with Gasteiger partial charge >= 0.3 is 12.1 Å². The lowest BCUT2D eigenvalue weighted by molar-refractivity contribution is -0.245. The third kappa shape index (κ3) is 7.91. The second-order valence-corrected chi connectivity index (χ2v) is 11.3. The number of likely N-dealkylation sites (tertiary alicyclic amines) is 1. The molecule has 2 aliphatic heterocycles. The number of alkyl halides is 3. The number of thioether (sulfide) groups is 1. The number of carbonyl (C=O) groups is 2. The van der Waals surface area contributed by atoms with Crippen molar-refractivity contribution in [1.82, 2.24) is 20.2 Å². The molecule has 1 aromatic heterocycles. The van der Waals surface area contributed by atoms with Gasteiger partial charge in [0.05, 0.1) is 18.8 Å². The summed E-state index contributed by atoms with van der Waals surface area (Å²) in [6, 6.07) is 15.4. The SMILES string of the molecule is O=C(NCc1ccc([C@H]2O[C@@H](CSc3ncccn3)C[C@@H](c3ccc(CO)cc3)O2)cc1)[C@@H]1CCCN1C(=O)C(F)(F)F. The quantitative estimate of drug-likeness (QED) is 0.268. The van der Waals surface area contributed by atoms with Crippen LogP contribution in [-0.2, 0) is 32.2 Å². The molecule has 0 spiro atoms. The molecule has 3 heterocycles. The van der Waals surface area contributed by atoms with Crippen LogP contribution in [0.15, 0.2) is 72.1 Å². The van der Waals surface area contributed by atoms with Crippen LogP contribution >= 0.6 is 11.8 Å². The van der Waals surface area contributed by atoms with Crippen LogP contribution in [0.4, 0.5) is 13.2 Å². The number of ether oxygens (including phenoxy) is 2. The Labute approximate surface area is 250 Å². The summed E-state index contributed by atoms with van der Waals surface area (Å²) in [7, 11) is 0. The maximum Gasteiger partial charge on any atom is 0.471 e. The lowest BCUT2D eigenvalue weighted by Gasteiger charge is -2.36. The van der Waals surface area contributed by atoms with Gasteiger partial charge in [-0.25, -0.2) is 9.97 Å². The van der Waals surface area contributed by atoms with E-state index in [2.05, 4.69) is 15.3 Å². The number of halogens is 3. The lowest BCUT2D eigenvalue weighted by Crippen LogP contribution is -2.50. The van der Waals surface area contributed by atoms with Crippen LogP contribution in [0.5, 0.6) is 0 Å². The number of benzene rings is 2. The number of carbonyl (C=O) groups excluding carboxylic acids is 2. The van der Waals surface area contributed by atoms with Gasteiger partial charge in [-0.15, -0.1) is 0 Å². The zero-order valence-corrected chi connectivity index (χ0v) is 23.9. The highest BCUT2D eigenvalue weighted by Gasteiger charge is 2.47. The summed E-state index contributed by atoms with van der Waals surface area (Å²) in [5.41, 5.74) is 3.25. The Bertz CT molecular complexity index is 1380. The zero-order chi connectivity index (χ0) is 30.4. The molecule has 2 N–H and O–H groups in total.